The molecule has 1 atom stereocenters. The van der Waals surface area contributed by atoms with E-state index < -0.39 is 10.0 Å². The summed E-state index contributed by atoms with van der Waals surface area (Å²) >= 11 is 6.13. The number of ether oxygens (including phenoxy) is 1. The molecule has 2 fully saturated rings. The van der Waals surface area contributed by atoms with E-state index in [4.69, 9.17) is 20.9 Å². The molecule has 0 aliphatic carbocycles. The number of rotatable bonds is 5. The average molecular weight is 440 g/mol. The van der Waals surface area contributed by atoms with E-state index in [2.05, 4.69) is 10.1 Å². The van der Waals surface area contributed by atoms with Crippen LogP contribution in [0.1, 0.15) is 44.3 Å². The summed E-state index contributed by atoms with van der Waals surface area (Å²) < 4.78 is 39.0. The fourth-order valence-corrected chi connectivity index (χ4v) is 6.28. The van der Waals surface area contributed by atoms with Crippen LogP contribution in [0.25, 0.3) is 0 Å². The summed E-state index contributed by atoms with van der Waals surface area (Å²) in [5.41, 5.74) is -0.275. The Kier molecular flexibility index (Phi) is 5.97. The predicted molar refractivity (Wildman–Crippen MR) is 108 cm³/mol. The standard InChI is InChI=1S/C20H26ClN3O4S/c1-2-18-22-19(28-23-18)13-15-7-12-27-20(14-15)8-10-24(11-9-20)29(25,26)17-6-4-3-5-16(17)21/h3-6,15H,2,7-14H2,1H3. The molecule has 0 radical (unpaired) electrons. The Morgan fingerprint density at radius 3 is 2.72 bits per heavy atom. The van der Waals surface area contributed by atoms with E-state index in [1.165, 1.54) is 4.31 Å². The van der Waals surface area contributed by atoms with Gasteiger partial charge in [-0.25, -0.2) is 8.42 Å². The smallest absolute Gasteiger partial charge is 0.244 e. The van der Waals surface area contributed by atoms with Crippen LogP contribution >= 0.6 is 11.6 Å². The highest BCUT2D eigenvalue weighted by Gasteiger charge is 2.43. The van der Waals surface area contributed by atoms with Gasteiger partial charge in [0.25, 0.3) is 0 Å². The van der Waals surface area contributed by atoms with Gasteiger partial charge < -0.3 is 9.26 Å². The Labute approximate surface area is 176 Å². The molecule has 2 aliphatic rings. The number of piperidine rings is 1. The SMILES string of the molecule is CCc1noc(CC2CCOC3(CCN(S(=O)(=O)c4ccccc4Cl)CC3)C2)n1. The summed E-state index contributed by atoms with van der Waals surface area (Å²) in [6, 6.07) is 6.59. The second-order valence-corrected chi connectivity index (χ2v) is 10.2. The van der Waals surface area contributed by atoms with Crippen LogP contribution in [0.5, 0.6) is 0 Å². The number of aromatic nitrogens is 2. The first kappa shape index (κ1) is 20.8. The molecule has 9 heteroatoms. The van der Waals surface area contributed by atoms with Gasteiger partial charge in [0, 0.05) is 32.5 Å². The molecule has 2 saturated heterocycles. The molecule has 158 valence electrons. The number of hydrogen-bond acceptors (Lipinski definition) is 6. The first-order chi connectivity index (χ1) is 13.9. The number of halogens is 1. The number of benzene rings is 1. The zero-order valence-corrected chi connectivity index (χ0v) is 18.1. The van der Waals surface area contributed by atoms with Crippen LogP contribution in [0.2, 0.25) is 5.02 Å². The van der Waals surface area contributed by atoms with Gasteiger partial charge in [0.15, 0.2) is 5.82 Å². The third kappa shape index (κ3) is 4.35. The molecule has 29 heavy (non-hydrogen) atoms. The van der Waals surface area contributed by atoms with E-state index in [9.17, 15) is 8.42 Å². The zero-order valence-electron chi connectivity index (χ0n) is 16.5. The van der Waals surface area contributed by atoms with Crippen molar-refractivity contribution in [3.05, 3.63) is 41.0 Å². The van der Waals surface area contributed by atoms with Crippen molar-refractivity contribution in [2.45, 2.75) is 55.9 Å². The average Bonchev–Trinajstić information content (AvgIpc) is 3.16. The van der Waals surface area contributed by atoms with Crippen LogP contribution in [-0.2, 0) is 27.6 Å². The number of hydrogen-bond donors (Lipinski definition) is 0. The van der Waals surface area contributed by atoms with Crippen LogP contribution < -0.4 is 0 Å². The number of aryl methyl sites for hydroxylation is 1. The maximum absolute atomic E-state index is 13.0. The molecule has 0 N–H and O–H groups in total. The van der Waals surface area contributed by atoms with Gasteiger partial charge >= 0.3 is 0 Å². The van der Waals surface area contributed by atoms with E-state index >= 15 is 0 Å². The lowest BCUT2D eigenvalue weighted by Crippen LogP contribution is -2.50. The minimum absolute atomic E-state index is 0.170. The van der Waals surface area contributed by atoms with E-state index in [-0.39, 0.29) is 15.5 Å². The molecule has 3 heterocycles. The van der Waals surface area contributed by atoms with E-state index in [1.807, 2.05) is 6.92 Å². The molecular formula is C20H26ClN3O4S. The van der Waals surface area contributed by atoms with E-state index in [1.54, 1.807) is 24.3 Å². The summed E-state index contributed by atoms with van der Waals surface area (Å²) in [5.74, 6) is 1.82. The zero-order chi connectivity index (χ0) is 20.5. The highest BCUT2D eigenvalue weighted by molar-refractivity contribution is 7.89. The molecule has 2 aliphatic heterocycles. The maximum atomic E-state index is 13.0. The first-order valence-electron chi connectivity index (χ1n) is 10.1. The van der Waals surface area contributed by atoms with Gasteiger partial charge in [0.2, 0.25) is 15.9 Å². The third-order valence-corrected chi connectivity index (χ3v) is 8.37. The molecule has 2 aromatic rings. The summed E-state index contributed by atoms with van der Waals surface area (Å²) in [5, 5.41) is 4.23. The largest absolute Gasteiger partial charge is 0.375 e. The molecule has 1 unspecified atom stereocenters. The summed E-state index contributed by atoms with van der Waals surface area (Å²) in [7, 11) is -3.60. The second kappa shape index (κ2) is 8.34. The van der Waals surface area contributed by atoms with Crippen molar-refractivity contribution in [3.63, 3.8) is 0 Å². The molecule has 1 aromatic heterocycles. The summed E-state index contributed by atoms with van der Waals surface area (Å²) in [4.78, 5) is 4.59. The fourth-order valence-electron chi connectivity index (χ4n) is 4.34. The van der Waals surface area contributed by atoms with Crippen molar-refractivity contribution in [1.82, 2.24) is 14.4 Å². The molecule has 0 saturated carbocycles. The molecule has 4 rings (SSSR count). The van der Waals surface area contributed by atoms with Crippen molar-refractivity contribution >= 4 is 21.6 Å². The Balaban J connectivity index is 1.41. The minimum Gasteiger partial charge on any atom is -0.375 e. The van der Waals surface area contributed by atoms with Gasteiger partial charge in [0.1, 0.15) is 4.90 Å². The quantitative estimate of drug-likeness (QED) is 0.709. The third-order valence-electron chi connectivity index (χ3n) is 5.97. The normalized spacial score (nSPS) is 22.8. The van der Waals surface area contributed by atoms with Crippen molar-refractivity contribution in [2.24, 2.45) is 5.92 Å². The van der Waals surface area contributed by atoms with Crippen LogP contribution in [0.4, 0.5) is 0 Å². The van der Waals surface area contributed by atoms with Crippen molar-refractivity contribution < 1.29 is 17.7 Å². The molecule has 7 nitrogen and oxygen atoms in total. The number of sulfonamides is 1. The van der Waals surface area contributed by atoms with Crippen molar-refractivity contribution in [2.75, 3.05) is 19.7 Å². The topological polar surface area (TPSA) is 85.5 Å². The predicted octanol–water partition coefficient (Wildman–Crippen LogP) is 3.48. The van der Waals surface area contributed by atoms with Gasteiger partial charge in [-0.3, -0.25) is 0 Å². The van der Waals surface area contributed by atoms with Gasteiger partial charge in [-0.05, 0) is 43.7 Å². The lowest BCUT2D eigenvalue weighted by molar-refractivity contribution is -0.121. The second-order valence-electron chi connectivity index (χ2n) is 7.89. The maximum Gasteiger partial charge on any atom is 0.244 e. The van der Waals surface area contributed by atoms with E-state index in [0.29, 0.717) is 44.3 Å². The van der Waals surface area contributed by atoms with E-state index in [0.717, 1.165) is 31.5 Å². The van der Waals surface area contributed by atoms with Crippen LogP contribution in [-0.4, -0.2) is 48.2 Å². The summed E-state index contributed by atoms with van der Waals surface area (Å²) in [6.07, 6.45) is 4.70. The Morgan fingerprint density at radius 2 is 2.03 bits per heavy atom. The van der Waals surface area contributed by atoms with Crippen LogP contribution in [0.15, 0.2) is 33.7 Å². The van der Waals surface area contributed by atoms with Gasteiger partial charge in [-0.15, -0.1) is 0 Å². The van der Waals surface area contributed by atoms with Gasteiger partial charge in [-0.1, -0.05) is 35.8 Å². The summed E-state index contributed by atoms with van der Waals surface area (Å²) in [6.45, 7) is 3.54. The molecular weight excluding hydrogens is 414 g/mol. The Bertz CT molecular complexity index is 954. The Morgan fingerprint density at radius 1 is 1.28 bits per heavy atom. The highest BCUT2D eigenvalue weighted by Crippen LogP contribution is 2.40. The van der Waals surface area contributed by atoms with Crippen LogP contribution in [0, 0.1) is 5.92 Å². The first-order valence-corrected chi connectivity index (χ1v) is 11.9. The van der Waals surface area contributed by atoms with Crippen LogP contribution in [0.3, 0.4) is 0 Å². The monoisotopic (exact) mass is 439 g/mol. The fraction of sp³-hybridized carbons (Fsp3) is 0.600. The number of nitrogens with zero attached hydrogens (tertiary/aromatic N) is 3. The Hall–Kier alpha value is -1.48. The lowest BCUT2D eigenvalue weighted by Gasteiger charge is -2.45. The van der Waals surface area contributed by atoms with Gasteiger partial charge in [0.05, 0.1) is 10.6 Å². The van der Waals surface area contributed by atoms with Gasteiger partial charge in [-0.2, -0.15) is 9.29 Å². The highest BCUT2D eigenvalue weighted by atomic mass is 35.5. The lowest BCUT2D eigenvalue weighted by atomic mass is 9.79. The minimum atomic E-state index is -3.60. The molecule has 0 amide bonds. The molecule has 1 aromatic carbocycles. The van der Waals surface area contributed by atoms with Crippen molar-refractivity contribution in [1.29, 1.82) is 0 Å². The molecule has 1 spiro atoms. The van der Waals surface area contributed by atoms with Crippen molar-refractivity contribution in [3.8, 4) is 0 Å². The molecule has 0 bridgehead atoms.